The van der Waals surface area contributed by atoms with Crippen molar-refractivity contribution < 1.29 is 14.6 Å². The van der Waals surface area contributed by atoms with Gasteiger partial charge in [0.05, 0.1) is 6.10 Å². The zero-order valence-corrected chi connectivity index (χ0v) is 14.2. The Morgan fingerprint density at radius 3 is 2.18 bits per heavy atom. The maximum Gasteiger partial charge on any atom is 0.325 e. The predicted octanol–water partition coefficient (Wildman–Crippen LogP) is 2.48. The van der Waals surface area contributed by atoms with Gasteiger partial charge < -0.3 is 14.7 Å². The molecule has 0 fully saturated rings. The first-order valence-corrected chi connectivity index (χ1v) is 7.73. The molecule has 1 rings (SSSR count). The van der Waals surface area contributed by atoms with Crippen LogP contribution in [-0.4, -0.2) is 60.7 Å². The van der Waals surface area contributed by atoms with Crippen molar-refractivity contribution in [3.05, 3.63) is 29.8 Å². The van der Waals surface area contributed by atoms with Crippen LogP contribution in [0.4, 0.5) is 0 Å². The Balaban J connectivity index is 2.91. The van der Waals surface area contributed by atoms with Crippen LogP contribution in [0, 0.1) is 0 Å². The van der Waals surface area contributed by atoms with Crippen molar-refractivity contribution in [2.75, 3.05) is 33.7 Å². The number of carboxylic acids is 1. The predicted molar refractivity (Wildman–Crippen MR) is 88.4 cm³/mol. The molecule has 22 heavy (non-hydrogen) atoms. The van der Waals surface area contributed by atoms with Crippen LogP contribution >= 0.6 is 0 Å². The van der Waals surface area contributed by atoms with E-state index in [1.54, 1.807) is 0 Å². The Kier molecular flexibility index (Phi) is 7.35. The number of carbonyl (C=O) groups is 1. The topological polar surface area (TPSA) is 53.0 Å². The van der Waals surface area contributed by atoms with E-state index in [0.29, 0.717) is 13.1 Å². The lowest BCUT2D eigenvalue weighted by Gasteiger charge is -2.29. The van der Waals surface area contributed by atoms with E-state index in [0.717, 1.165) is 17.9 Å². The number of rotatable bonds is 9. The van der Waals surface area contributed by atoms with Crippen molar-refractivity contribution in [3.8, 4) is 5.75 Å². The third kappa shape index (κ3) is 5.66. The molecule has 0 aliphatic rings. The second-order valence-electron chi connectivity index (χ2n) is 5.91. The number of benzene rings is 1. The average molecular weight is 308 g/mol. The second kappa shape index (κ2) is 8.76. The van der Waals surface area contributed by atoms with Crippen LogP contribution in [0.15, 0.2) is 24.3 Å². The number of hydrogen-bond donors (Lipinski definition) is 1. The van der Waals surface area contributed by atoms with Crippen LogP contribution in [-0.2, 0) is 4.79 Å². The fourth-order valence-corrected chi connectivity index (χ4v) is 2.31. The summed E-state index contributed by atoms with van der Waals surface area (Å²) < 4.78 is 5.61. The number of likely N-dealkylation sites (N-methyl/N-ethyl adjacent to an activating group) is 2. The maximum absolute atomic E-state index is 11.7. The minimum Gasteiger partial charge on any atom is -0.491 e. The first-order valence-electron chi connectivity index (χ1n) is 7.73. The van der Waals surface area contributed by atoms with Crippen molar-refractivity contribution in [2.45, 2.75) is 32.9 Å². The summed E-state index contributed by atoms with van der Waals surface area (Å²) in [6.45, 7) is 8.15. The van der Waals surface area contributed by atoms with Gasteiger partial charge in [-0.2, -0.15) is 0 Å². The molecule has 1 aromatic carbocycles. The molecule has 0 saturated heterocycles. The molecule has 0 aromatic heterocycles. The van der Waals surface area contributed by atoms with Crippen LogP contribution in [0.1, 0.15) is 32.4 Å². The highest BCUT2D eigenvalue weighted by molar-refractivity contribution is 5.75. The van der Waals surface area contributed by atoms with Gasteiger partial charge in [0.1, 0.15) is 11.8 Å². The van der Waals surface area contributed by atoms with Gasteiger partial charge in [0.15, 0.2) is 0 Å². The van der Waals surface area contributed by atoms with Gasteiger partial charge in [-0.25, -0.2) is 0 Å². The Labute approximate surface area is 133 Å². The molecular formula is C17H28N2O3. The van der Waals surface area contributed by atoms with Gasteiger partial charge in [0.2, 0.25) is 0 Å². The molecule has 5 nitrogen and oxygen atoms in total. The Morgan fingerprint density at radius 2 is 1.77 bits per heavy atom. The number of ether oxygens (including phenoxy) is 1. The van der Waals surface area contributed by atoms with E-state index in [2.05, 4.69) is 4.90 Å². The molecule has 1 N–H and O–H groups in total. The fourth-order valence-electron chi connectivity index (χ4n) is 2.31. The lowest BCUT2D eigenvalue weighted by Crippen LogP contribution is -2.38. The fraction of sp³-hybridized carbons (Fsp3) is 0.588. The van der Waals surface area contributed by atoms with Crippen molar-refractivity contribution in [2.24, 2.45) is 0 Å². The normalized spacial score (nSPS) is 12.9. The monoisotopic (exact) mass is 308 g/mol. The molecule has 0 bridgehead atoms. The van der Waals surface area contributed by atoms with Gasteiger partial charge in [-0.15, -0.1) is 0 Å². The number of nitrogens with zero attached hydrogens (tertiary/aromatic N) is 2. The van der Waals surface area contributed by atoms with E-state index >= 15 is 0 Å². The third-order valence-electron chi connectivity index (χ3n) is 3.41. The summed E-state index contributed by atoms with van der Waals surface area (Å²) in [6, 6.07) is 6.73. The molecule has 0 aliphatic carbocycles. The van der Waals surface area contributed by atoms with Gasteiger partial charge in [-0.05, 0) is 52.2 Å². The average Bonchev–Trinajstić information content (AvgIpc) is 2.43. The molecule has 5 heteroatoms. The highest BCUT2D eigenvalue weighted by Crippen LogP contribution is 2.24. The summed E-state index contributed by atoms with van der Waals surface area (Å²) >= 11 is 0. The highest BCUT2D eigenvalue weighted by Gasteiger charge is 2.26. The minimum absolute atomic E-state index is 0.105. The first kappa shape index (κ1) is 18.5. The molecule has 0 spiro atoms. The highest BCUT2D eigenvalue weighted by atomic mass is 16.5. The van der Waals surface area contributed by atoms with Crippen LogP contribution in [0.25, 0.3) is 0 Å². The van der Waals surface area contributed by atoms with Gasteiger partial charge in [0.25, 0.3) is 0 Å². The molecule has 0 saturated carbocycles. The molecule has 1 unspecified atom stereocenters. The number of aliphatic carboxylic acids is 1. The number of hydrogen-bond acceptors (Lipinski definition) is 4. The van der Waals surface area contributed by atoms with Crippen LogP contribution in [0.2, 0.25) is 0 Å². The van der Waals surface area contributed by atoms with Gasteiger partial charge in [-0.3, -0.25) is 9.69 Å². The number of carboxylic acid groups (broad SMARTS) is 1. The second-order valence-corrected chi connectivity index (χ2v) is 5.91. The van der Waals surface area contributed by atoms with Gasteiger partial charge >= 0.3 is 5.97 Å². The summed E-state index contributed by atoms with van der Waals surface area (Å²) in [5.74, 6) is -0.0580. The zero-order valence-electron chi connectivity index (χ0n) is 14.2. The smallest absolute Gasteiger partial charge is 0.325 e. The van der Waals surface area contributed by atoms with E-state index in [1.807, 2.05) is 64.0 Å². The lowest BCUT2D eigenvalue weighted by atomic mass is 10.0. The van der Waals surface area contributed by atoms with Crippen LogP contribution in [0.5, 0.6) is 5.75 Å². The molecule has 124 valence electrons. The van der Waals surface area contributed by atoms with Crippen molar-refractivity contribution in [3.63, 3.8) is 0 Å². The third-order valence-corrected chi connectivity index (χ3v) is 3.41. The molecule has 1 atom stereocenters. The molecular weight excluding hydrogens is 280 g/mol. The quantitative estimate of drug-likeness (QED) is 0.759. The summed E-state index contributed by atoms with van der Waals surface area (Å²) in [5, 5.41) is 9.62. The summed E-state index contributed by atoms with van der Waals surface area (Å²) in [6.07, 6.45) is 0.105. The molecule has 0 radical (unpaired) electrons. The maximum atomic E-state index is 11.7. The molecule has 0 aliphatic heterocycles. The molecule has 0 heterocycles. The Hall–Kier alpha value is -1.59. The van der Waals surface area contributed by atoms with Crippen molar-refractivity contribution >= 4 is 5.97 Å². The summed E-state index contributed by atoms with van der Waals surface area (Å²) in [5.41, 5.74) is 0.782. The van der Waals surface area contributed by atoms with E-state index in [9.17, 15) is 9.90 Å². The van der Waals surface area contributed by atoms with Crippen LogP contribution in [0.3, 0.4) is 0 Å². The lowest BCUT2D eigenvalue weighted by molar-refractivity contribution is -0.143. The van der Waals surface area contributed by atoms with E-state index in [-0.39, 0.29) is 6.10 Å². The minimum atomic E-state index is -0.821. The van der Waals surface area contributed by atoms with E-state index in [1.165, 1.54) is 0 Å². The summed E-state index contributed by atoms with van der Waals surface area (Å²) in [4.78, 5) is 15.8. The largest absolute Gasteiger partial charge is 0.491 e. The van der Waals surface area contributed by atoms with E-state index < -0.39 is 12.0 Å². The SMILES string of the molecule is CCN(CCN(C)C)C(C(=O)O)c1ccc(OC(C)C)cc1. The summed E-state index contributed by atoms with van der Waals surface area (Å²) in [7, 11) is 3.98. The van der Waals surface area contributed by atoms with E-state index in [4.69, 9.17) is 4.74 Å². The van der Waals surface area contributed by atoms with Crippen LogP contribution < -0.4 is 4.74 Å². The zero-order chi connectivity index (χ0) is 16.7. The molecule has 1 aromatic rings. The van der Waals surface area contributed by atoms with Crippen molar-refractivity contribution in [1.29, 1.82) is 0 Å². The van der Waals surface area contributed by atoms with Gasteiger partial charge in [0, 0.05) is 13.1 Å². The first-order chi connectivity index (χ1) is 10.3. The molecule has 0 amide bonds. The standard InChI is InChI=1S/C17H28N2O3/c1-6-19(12-11-18(4)5)16(17(20)21)14-7-9-15(10-8-14)22-13(2)3/h7-10,13,16H,6,11-12H2,1-5H3,(H,20,21). The Morgan fingerprint density at radius 1 is 1.18 bits per heavy atom. The van der Waals surface area contributed by atoms with Crippen molar-refractivity contribution in [1.82, 2.24) is 9.80 Å². The Bertz CT molecular complexity index is 457. The van der Waals surface area contributed by atoms with Gasteiger partial charge in [-0.1, -0.05) is 19.1 Å².